The lowest BCUT2D eigenvalue weighted by molar-refractivity contribution is -0.142. The molecule has 0 bridgehead atoms. The summed E-state index contributed by atoms with van der Waals surface area (Å²) in [5.74, 6) is -0.215. The molecule has 1 N–H and O–H groups in total. The second-order valence-corrected chi connectivity index (χ2v) is 5.10. The van der Waals surface area contributed by atoms with E-state index in [0.29, 0.717) is 32.8 Å². The van der Waals surface area contributed by atoms with Gasteiger partial charge in [-0.2, -0.15) is 0 Å². The van der Waals surface area contributed by atoms with E-state index in [1.807, 2.05) is 30.3 Å². The highest BCUT2D eigenvalue weighted by molar-refractivity contribution is 5.76. The van der Waals surface area contributed by atoms with Crippen molar-refractivity contribution in [3.63, 3.8) is 0 Å². The second kappa shape index (κ2) is 8.77. The number of hydrogen-bond acceptors (Lipinski definition) is 5. The van der Waals surface area contributed by atoms with Gasteiger partial charge in [0.25, 0.3) is 0 Å². The number of carbonyl (C=O) groups excluding carboxylic acids is 1. The number of carbonyl (C=O) groups is 1. The van der Waals surface area contributed by atoms with Crippen molar-refractivity contribution >= 4 is 5.97 Å². The minimum absolute atomic E-state index is 0.0863. The normalized spacial score (nSPS) is 21.4. The molecule has 2 rings (SSSR count). The van der Waals surface area contributed by atoms with Crippen molar-refractivity contribution in [3.8, 4) is 0 Å². The number of benzene rings is 1. The van der Waals surface area contributed by atoms with Gasteiger partial charge in [0.1, 0.15) is 6.04 Å². The molecule has 1 fully saturated rings. The molecule has 0 aromatic heterocycles. The second-order valence-electron chi connectivity index (χ2n) is 5.10. The zero-order valence-corrected chi connectivity index (χ0v) is 12.4. The van der Waals surface area contributed by atoms with Crippen LogP contribution in [0.25, 0.3) is 0 Å². The average Bonchev–Trinajstić information content (AvgIpc) is 3.00. The molecule has 0 radical (unpaired) electrons. The molecule has 0 unspecified atom stereocenters. The van der Waals surface area contributed by atoms with Gasteiger partial charge < -0.3 is 19.5 Å². The Kier molecular flexibility index (Phi) is 6.66. The van der Waals surface area contributed by atoms with Crippen molar-refractivity contribution in [2.24, 2.45) is 0 Å². The molecule has 0 amide bonds. The van der Waals surface area contributed by atoms with E-state index in [1.54, 1.807) is 0 Å². The van der Waals surface area contributed by atoms with Crippen LogP contribution in [0.4, 0.5) is 0 Å². The van der Waals surface area contributed by atoms with Crippen LogP contribution in [0.2, 0.25) is 0 Å². The van der Waals surface area contributed by atoms with Gasteiger partial charge in [0.05, 0.1) is 19.8 Å². The van der Waals surface area contributed by atoms with Gasteiger partial charge in [0, 0.05) is 26.2 Å². The fourth-order valence-electron chi connectivity index (χ4n) is 2.33. The van der Waals surface area contributed by atoms with Gasteiger partial charge in [-0.3, -0.25) is 4.79 Å². The van der Waals surface area contributed by atoms with Crippen molar-refractivity contribution in [1.29, 1.82) is 0 Å². The summed E-state index contributed by atoms with van der Waals surface area (Å²) < 4.78 is 16.0. The molecule has 5 nitrogen and oxygen atoms in total. The molecular weight excluding hydrogens is 270 g/mol. The molecule has 1 heterocycles. The van der Waals surface area contributed by atoms with E-state index < -0.39 is 0 Å². The summed E-state index contributed by atoms with van der Waals surface area (Å²) in [5.41, 5.74) is 1.18. The minimum Gasteiger partial charge on any atom is -0.468 e. The first-order valence-electron chi connectivity index (χ1n) is 7.34. The van der Waals surface area contributed by atoms with Crippen LogP contribution in [-0.4, -0.2) is 45.0 Å². The van der Waals surface area contributed by atoms with Crippen molar-refractivity contribution in [1.82, 2.24) is 5.32 Å². The number of methoxy groups -OCH3 is 1. The topological polar surface area (TPSA) is 56.8 Å². The maximum atomic E-state index is 11.3. The van der Waals surface area contributed by atoms with Gasteiger partial charge in [0.15, 0.2) is 0 Å². The molecule has 1 aromatic carbocycles. The third-order valence-corrected chi connectivity index (χ3v) is 3.47. The molecule has 0 spiro atoms. The summed E-state index contributed by atoms with van der Waals surface area (Å²) >= 11 is 0. The van der Waals surface area contributed by atoms with Crippen molar-refractivity contribution in [2.45, 2.75) is 31.6 Å². The van der Waals surface area contributed by atoms with E-state index in [2.05, 4.69) is 5.32 Å². The molecule has 116 valence electrons. The van der Waals surface area contributed by atoms with Gasteiger partial charge in [-0.05, 0) is 12.0 Å². The third kappa shape index (κ3) is 5.46. The first-order valence-corrected chi connectivity index (χ1v) is 7.34. The molecular formula is C16H23NO4. The number of esters is 1. The zero-order chi connectivity index (χ0) is 14.9. The maximum Gasteiger partial charge on any atom is 0.322 e. The maximum absolute atomic E-state index is 11.3. The number of nitrogens with one attached hydrogen (secondary N) is 1. The van der Waals surface area contributed by atoms with Gasteiger partial charge >= 0.3 is 5.97 Å². The number of ether oxygens (including phenoxy) is 3. The summed E-state index contributed by atoms with van der Waals surface area (Å²) in [6.07, 6.45) is 1.62. The number of rotatable bonds is 8. The Morgan fingerprint density at radius 3 is 2.86 bits per heavy atom. The van der Waals surface area contributed by atoms with E-state index >= 15 is 0 Å². The fourth-order valence-corrected chi connectivity index (χ4v) is 2.33. The Hall–Kier alpha value is -1.43. The highest BCUT2D eigenvalue weighted by atomic mass is 16.5. The van der Waals surface area contributed by atoms with Crippen molar-refractivity contribution < 1.29 is 19.0 Å². The van der Waals surface area contributed by atoms with Crippen LogP contribution in [0, 0.1) is 0 Å². The van der Waals surface area contributed by atoms with Crippen LogP contribution in [0.1, 0.15) is 18.4 Å². The van der Waals surface area contributed by atoms with Crippen LogP contribution in [0.5, 0.6) is 0 Å². The lowest BCUT2D eigenvalue weighted by Gasteiger charge is -2.11. The summed E-state index contributed by atoms with van der Waals surface area (Å²) in [6.45, 7) is 2.66. The lowest BCUT2D eigenvalue weighted by Crippen LogP contribution is -2.31. The summed E-state index contributed by atoms with van der Waals surface area (Å²) in [7, 11) is 1.41. The summed E-state index contributed by atoms with van der Waals surface area (Å²) in [4.78, 5) is 11.3. The van der Waals surface area contributed by atoms with Gasteiger partial charge in [-0.25, -0.2) is 0 Å². The van der Waals surface area contributed by atoms with Crippen LogP contribution in [0.15, 0.2) is 30.3 Å². The standard InChI is InChI=1S/C16H23NO4/c1-19-16(18)15-10-14(11-17-15)21-9-5-8-20-12-13-6-3-2-4-7-13/h2-4,6-7,14-15,17H,5,8-12H2,1H3/t14-,15-/m0/s1. The molecule has 21 heavy (non-hydrogen) atoms. The Morgan fingerprint density at radius 1 is 1.29 bits per heavy atom. The molecule has 0 aliphatic carbocycles. The Morgan fingerprint density at radius 2 is 2.10 bits per heavy atom. The average molecular weight is 293 g/mol. The molecule has 1 saturated heterocycles. The largest absolute Gasteiger partial charge is 0.468 e. The third-order valence-electron chi connectivity index (χ3n) is 3.47. The SMILES string of the molecule is COC(=O)[C@@H]1C[C@H](OCCCOCc2ccccc2)CN1. The highest BCUT2D eigenvalue weighted by Crippen LogP contribution is 2.12. The summed E-state index contributed by atoms with van der Waals surface area (Å²) in [5, 5.41) is 3.10. The van der Waals surface area contributed by atoms with Crippen molar-refractivity contribution in [2.75, 3.05) is 26.9 Å². The van der Waals surface area contributed by atoms with E-state index in [4.69, 9.17) is 14.2 Å². The first-order chi connectivity index (χ1) is 10.3. The molecule has 2 atom stereocenters. The van der Waals surface area contributed by atoms with Crippen LogP contribution in [-0.2, 0) is 25.6 Å². The first kappa shape index (κ1) is 15.9. The molecule has 1 aliphatic heterocycles. The van der Waals surface area contributed by atoms with E-state index in [1.165, 1.54) is 12.7 Å². The molecule has 5 heteroatoms. The van der Waals surface area contributed by atoms with E-state index in [-0.39, 0.29) is 18.1 Å². The Labute approximate surface area is 125 Å². The minimum atomic E-state index is -0.227. The quantitative estimate of drug-likeness (QED) is 0.581. The molecule has 1 aliphatic rings. The molecule has 0 saturated carbocycles. The predicted octanol–water partition coefficient (Wildman–Crippen LogP) is 1.51. The van der Waals surface area contributed by atoms with E-state index in [0.717, 1.165) is 6.42 Å². The smallest absolute Gasteiger partial charge is 0.322 e. The van der Waals surface area contributed by atoms with Crippen LogP contribution in [0.3, 0.4) is 0 Å². The lowest BCUT2D eigenvalue weighted by atomic mass is 10.2. The summed E-state index contributed by atoms with van der Waals surface area (Å²) in [6, 6.07) is 9.88. The Bertz CT molecular complexity index is 424. The zero-order valence-electron chi connectivity index (χ0n) is 12.4. The van der Waals surface area contributed by atoms with Gasteiger partial charge in [-0.15, -0.1) is 0 Å². The fraction of sp³-hybridized carbons (Fsp3) is 0.562. The Balaban J connectivity index is 1.50. The predicted molar refractivity (Wildman–Crippen MR) is 78.9 cm³/mol. The monoisotopic (exact) mass is 293 g/mol. The van der Waals surface area contributed by atoms with Crippen LogP contribution >= 0.6 is 0 Å². The van der Waals surface area contributed by atoms with Gasteiger partial charge in [-0.1, -0.05) is 30.3 Å². The van der Waals surface area contributed by atoms with Crippen molar-refractivity contribution in [3.05, 3.63) is 35.9 Å². The van der Waals surface area contributed by atoms with Crippen LogP contribution < -0.4 is 5.32 Å². The number of hydrogen-bond donors (Lipinski definition) is 1. The molecule has 1 aromatic rings. The van der Waals surface area contributed by atoms with Gasteiger partial charge in [0.2, 0.25) is 0 Å². The highest BCUT2D eigenvalue weighted by Gasteiger charge is 2.30. The van der Waals surface area contributed by atoms with E-state index in [9.17, 15) is 4.79 Å².